The summed E-state index contributed by atoms with van der Waals surface area (Å²) in [5.41, 5.74) is 2.82. The highest BCUT2D eigenvalue weighted by Crippen LogP contribution is 2.29. The molecule has 0 fully saturated rings. The molecule has 31 heavy (non-hydrogen) atoms. The van der Waals surface area contributed by atoms with Gasteiger partial charge in [0.15, 0.2) is 0 Å². The molecule has 4 nitrogen and oxygen atoms in total. The van der Waals surface area contributed by atoms with Crippen LogP contribution in [-0.4, -0.2) is 24.4 Å². The largest absolute Gasteiger partial charge is 0.497 e. The summed E-state index contributed by atoms with van der Waals surface area (Å²) in [4.78, 5) is 29.7. The van der Waals surface area contributed by atoms with E-state index < -0.39 is 5.78 Å². The van der Waals surface area contributed by atoms with E-state index in [4.69, 9.17) is 11.2 Å². The first-order valence-corrected chi connectivity index (χ1v) is 10.2. The normalized spacial score (nSPS) is 12.3. The number of nitrogens with zero attached hydrogens (tertiary/aromatic N) is 1. The molecule has 0 bridgehead atoms. The van der Waals surface area contributed by atoms with Crippen LogP contribution in [0.15, 0.2) is 65.7 Å². The van der Waals surface area contributed by atoms with E-state index in [0.29, 0.717) is 5.69 Å². The molecule has 0 heterocycles. The lowest BCUT2D eigenvalue weighted by molar-refractivity contribution is -0.118. The summed E-state index contributed by atoms with van der Waals surface area (Å²) >= 11 is 0. The molecule has 0 saturated carbocycles. The Morgan fingerprint density at radius 1 is 1.06 bits per heavy atom. The van der Waals surface area contributed by atoms with Crippen molar-refractivity contribution in [3.8, 4) is 18.1 Å². The van der Waals surface area contributed by atoms with Crippen LogP contribution >= 0.6 is 0 Å². The highest BCUT2D eigenvalue weighted by Gasteiger charge is 2.18. The number of Topliss-reactive ketones (excluding diaryl/α,β-unsaturated/α-hetero) is 2. The molecule has 156 valence electrons. The number of carbonyl (C=O) groups is 2. The fraction of sp³-hybridized carbons (Fsp3) is 0.222. The van der Waals surface area contributed by atoms with E-state index >= 15 is 0 Å². The van der Waals surface area contributed by atoms with Gasteiger partial charge in [0.2, 0.25) is 5.78 Å². The van der Waals surface area contributed by atoms with Crippen LogP contribution in [0, 0.1) is 19.3 Å². The number of carbonyl (C=O) groups excluding carboxylic acids is 2. The van der Waals surface area contributed by atoms with E-state index in [-0.39, 0.29) is 30.3 Å². The van der Waals surface area contributed by atoms with Gasteiger partial charge in [-0.25, -0.2) is 4.99 Å². The predicted molar refractivity (Wildman–Crippen MR) is 125 cm³/mol. The van der Waals surface area contributed by atoms with Crippen molar-refractivity contribution < 1.29 is 14.3 Å². The molecule has 0 aliphatic carbocycles. The summed E-state index contributed by atoms with van der Waals surface area (Å²) in [7, 11) is 1.61. The number of ketones is 2. The van der Waals surface area contributed by atoms with E-state index in [9.17, 15) is 9.59 Å². The van der Waals surface area contributed by atoms with Crippen molar-refractivity contribution in [2.75, 3.05) is 7.11 Å². The van der Waals surface area contributed by atoms with Crippen molar-refractivity contribution in [3.63, 3.8) is 0 Å². The minimum absolute atomic E-state index is 0.000365. The number of ether oxygens (including phenoxy) is 1. The van der Waals surface area contributed by atoms with Gasteiger partial charge in [0.25, 0.3) is 0 Å². The van der Waals surface area contributed by atoms with Crippen molar-refractivity contribution in [1.82, 2.24) is 0 Å². The second kappa shape index (κ2) is 9.86. The Morgan fingerprint density at radius 2 is 1.74 bits per heavy atom. The zero-order valence-corrected chi connectivity index (χ0v) is 18.0. The number of rotatable bonds is 8. The van der Waals surface area contributed by atoms with Gasteiger partial charge in [0.05, 0.1) is 19.2 Å². The Morgan fingerprint density at radius 3 is 2.39 bits per heavy atom. The molecule has 0 spiro atoms. The monoisotopic (exact) mass is 411 g/mol. The van der Waals surface area contributed by atoms with Crippen LogP contribution in [0.3, 0.4) is 0 Å². The maximum absolute atomic E-state index is 12.8. The standard InChI is InChI=1S/C27H25NO3/c1-5-26(30)25(28-24-11-7-10-21-9-6-8-18(2)27(21)24)17-22(29)16-19(3)20-12-14-23(31-4)15-13-20/h1,6-15,19H,16-17H2,2-4H3. The number of hydrogen-bond acceptors (Lipinski definition) is 4. The molecule has 0 radical (unpaired) electrons. The topological polar surface area (TPSA) is 55.7 Å². The fourth-order valence-corrected chi connectivity index (χ4v) is 3.65. The Kier molecular flexibility index (Phi) is 6.99. The zero-order valence-electron chi connectivity index (χ0n) is 18.0. The maximum Gasteiger partial charge on any atom is 0.250 e. The van der Waals surface area contributed by atoms with Gasteiger partial charge < -0.3 is 4.74 Å². The second-order valence-corrected chi connectivity index (χ2v) is 7.58. The Bertz CT molecular complexity index is 1180. The first kappa shape index (κ1) is 22.0. The number of aliphatic imine (C=N–C) groups is 1. The van der Waals surface area contributed by atoms with Crippen molar-refractivity contribution in [3.05, 3.63) is 71.8 Å². The highest BCUT2D eigenvalue weighted by molar-refractivity contribution is 6.49. The third-order valence-corrected chi connectivity index (χ3v) is 5.32. The van der Waals surface area contributed by atoms with E-state index in [0.717, 1.165) is 27.6 Å². The van der Waals surface area contributed by atoms with Gasteiger partial charge in [-0.2, -0.15) is 0 Å². The van der Waals surface area contributed by atoms with Crippen LogP contribution in [0.2, 0.25) is 0 Å². The van der Waals surface area contributed by atoms with Crippen LogP contribution in [-0.2, 0) is 9.59 Å². The minimum Gasteiger partial charge on any atom is -0.497 e. The summed E-state index contributed by atoms with van der Waals surface area (Å²) in [6.45, 7) is 3.97. The molecular weight excluding hydrogens is 386 g/mol. The number of aryl methyl sites for hydroxylation is 1. The van der Waals surface area contributed by atoms with Crippen LogP contribution in [0.5, 0.6) is 5.75 Å². The second-order valence-electron chi connectivity index (χ2n) is 7.58. The lowest BCUT2D eigenvalue weighted by Gasteiger charge is -2.12. The van der Waals surface area contributed by atoms with Crippen LogP contribution < -0.4 is 4.74 Å². The number of benzene rings is 3. The molecule has 0 aliphatic rings. The van der Waals surface area contributed by atoms with Crippen LogP contribution in [0.25, 0.3) is 10.8 Å². The molecule has 1 atom stereocenters. The minimum atomic E-state index is -0.559. The molecule has 4 heteroatoms. The summed E-state index contributed by atoms with van der Waals surface area (Å²) in [6, 6.07) is 19.3. The van der Waals surface area contributed by atoms with Gasteiger partial charge in [-0.1, -0.05) is 49.4 Å². The van der Waals surface area contributed by atoms with Gasteiger partial charge in [0.1, 0.15) is 17.2 Å². The molecule has 3 rings (SSSR count). The third kappa shape index (κ3) is 5.26. The quantitative estimate of drug-likeness (QED) is 0.276. The summed E-state index contributed by atoms with van der Waals surface area (Å²) in [5.74, 6) is 2.24. The van der Waals surface area contributed by atoms with E-state index in [1.807, 2.05) is 74.5 Å². The average Bonchev–Trinajstić information content (AvgIpc) is 2.78. The highest BCUT2D eigenvalue weighted by atomic mass is 16.5. The molecule has 3 aromatic carbocycles. The Hall–Kier alpha value is -3.71. The van der Waals surface area contributed by atoms with Crippen LogP contribution in [0.1, 0.15) is 36.8 Å². The molecule has 1 unspecified atom stereocenters. The molecule has 0 aliphatic heterocycles. The number of fused-ring (bicyclic) bond motifs is 1. The van der Waals surface area contributed by atoms with Gasteiger partial charge in [0, 0.05) is 11.8 Å². The lowest BCUT2D eigenvalue weighted by atomic mass is 9.93. The first-order valence-electron chi connectivity index (χ1n) is 10.2. The maximum atomic E-state index is 12.8. The van der Waals surface area contributed by atoms with Crippen molar-refractivity contribution in [2.24, 2.45) is 4.99 Å². The molecule has 0 saturated heterocycles. The molecule has 3 aromatic rings. The van der Waals surface area contributed by atoms with Gasteiger partial charge in [-0.05, 0) is 53.5 Å². The van der Waals surface area contributed by atoms with Crippen molar-refractivity contribution >= 4 is 33.7 Å². The summed E-state index contributed by atoms with van der Waals surface area (Å²) in [6.07, 6.45) is 5.56. The van der Waals surface area contributed by atoms with Gasteiger partial charge in [-0.3, -0.25) is 9.59 Å². The number of methoxy groups -OCH3 is 1. The molecule has 0 aromatic heterocycles. The van der Waals surface area contributed by atoms with Crippen LogP contribution in [0.4, 0.5) is 5.69 Å². The molecular formula is C27H25NO3. The predicted octanol–water partition coefficient (Wildman–Crippen LogP) is 5.58. The van der Waals surface area contributed by atoms with Crippen molar-refractivity contribution in [1.29, 1.82) is 0 Å². The van der Waals surface area contributed by atoms with E-state index in [2.05, 4.69) is 10.9 Å². The number of terminal acetylenes is 1. The van der Waals surface area contributed by atoms with E-state index in [1.54, 1.807) is 7.11 Å². The zero-order chi connectivity index (χ0) is 22.4. The fourth-order valence-electron chi connectivity index (χ4n) is 3.65. The van der Waals surface area contributed by atoms with Gasteiger partial charge in [-0.15, -0.1) is 6.42 Å². The van der Waals surface area contributed by atoms with E-state index in [1.165, 1.54) is 0 Å². The molecule has 0 N–H and O–H groups in total. The smallest absolute Gasteiger partial charge is 0.250 e. The summed E-state index contributed by atoms with van der Waals surface area (Å²) < 4.78 is 5.18. The SMILES string of the molecule is C#CC(=O)C(CC(=O)CC(C)c1ccc(OC)cc1)=Nc1cccc2cccc(C)c12. The third-order valence-electron chi connectivity index (χ3n) is 5.32. The summed E-state index contributed by atoms with van der Waals surface area (Å²) in [5, 5.41) is 1.97. The number of hydrogen-bond donors (Lipinski definition) is 0. The van der Waals surface area contributed by atoms with Gasteiger partial charge >= 0.3 is 0 Å². The Labute approximate surface area is 183 Å². The van der Waals surface area contributed by atoms with Crippen molar-refractivity contribution in [2.45, 2.75) is 32.6 Å². The Balaban J connectivity index is 1.84. The average molecular weight is 412 g/mol. The molecule has 0 amide bonds. The first-order chi connectivity index (χ1) is 14.9. The lowest BCUT2D eigenvalue weighted by Crippen LogP contribution is -2.18.